The average Bonchev–Trinajstić information content (AvgIpc) is 2.92. The standard InChI is InChI=1S/C32H47N3O6.ClH/c1-6-38-30(36)12-8-11-21-41-29-22-27(17-18-28(29)32(37)35(23(2)3)24(4)5)40-20-10-7-9-19-39-26-15-13-25(14-16-26)31(33)34;/h13-18,22-24H,6-12,19-21H2,1-5H3,(H3,33,34);1H. The number of hydrogen-bond donors (Lipinski definition) is 2. The molecule has 0 aliphatic rings. The van der Waals surface area contributed by atoms with E-state index in [-0.39, 0.29) is 42.2 Å². The van der Waals surface area contributed by atoms with Crippen LogP contribution in [0.15, 0.2) is 42.5 Å². The smallest absolute Gasteiger partial charge is 0.305 e. The molecule has 0 saturated carbocycles. The Kier molecular flexibility index (Phi) is 17.1. The van der Waals surface area contributed by atoms with Crippen molar-refractivity contribution in [1.82, 2.24) is 4.90 Å². The number of rotatable bonds is 19. The quantitative estimate of drug-likeness (QED) is 0.0822. The number of carbonyl (C=O) groups excluding carboxylic acids is 2. The number of amides is 1. The second-order valence-electron chi connectivity index (χ2n) is 10.4. The lowest BCUT2D eigenvalue weighted by atomic mass is 10.1. The Balaban J connectivity index is 0.00000882. The van der Waals surface area contributed by atoms with Crippen molar-refractivity contribution in [2.75, 3.05) is 26.4 Å². The number of nitrogens with zero attached hydrogens (tertiary/aromatic N) is 1. The highest BCUT2D eigenvalue weighted by molar-refractivity contribution is 5.97. The van der Waals surface area contributed by atoms with Gasteiger partial charge in [0.05, 0.1) is 32.0 Å². The minimum atomic E-state index is -0.210. The van der Waals surface area contributed by atoms with Crippen LogP contribution in [0.25, 0.3) is 0 Å². The number of nitrogens with one attached hydrogen (secondary N) is 1. The van der Waals surface area contributed by atoms with E-state index in [9.17, 15) is 9.59 Å². The summed E-state index contributed by atoms with van der Waals surface area (Å²) in [6.07, 6.45) is 4.33. The van der Waals surface area contributed by atoms with E-state index in [1.54, 1.807) is 31.2 Å². The number of hydrogen-bond acceptors (Lipinski definition) is 7. The molecular formula is C32H48ClN3O6. The summed E-state index contributed by atoms with van der Waals surface area (Å²) in [6.45, 7) is 11.7. The summed E-state index contributed by atoms with van der Waals surface area (Å²) < 4.78 is 22.8. The molecule has 0 saturated heterocycles. The predicted molar refractivity (Wildman–Crippen MR) is 168 cm³/mol. The van der Waals surface area contributed by atoms with Gasteiger partial charge in [0.2, 0.25) is 0 Å². The van der Waals surface area contributed by atoms with E-state index in [0.717, 1.165) is 25.0 Å². The molecule has 0 heterocycles. The zero-order valence-corrected chi connectivity index (χ0v) is 26.5. The lowest BCUT2D eigenvalue weighted by Gasteiger charge is -2.31. The molecule has 0 fully saturated rings. The number of nitrogens with two attached hydrogens (primary N) is 1. The Morgan fingerprint density at radius 1 is 0.810 bits per heavy atom. The van der Waals surface area contributed by atoms with E-state index < -0.39 is 0 Å². The van der Waals surface area contributed by atoms with Crippen molar-refractivity contribution < 1.29 is 28.5 Å². The number of carbonyl (C=O) groups is 2. The van der Waals surface area contributed by atoms with Crippen LogP contribution >= 0.6 is 12.4 Å². The molecule has 0 aliphatic heterocycles. The molecule has 42 heavy (non-hydrogen) atoms. The van der Waals surface area contributed by atoms with Crippen LogP contribution in [0.5, 0.6) is 17.2 Å². The minimum absolute atomic E-state index is 0. The second kappa shape index (κ2) is 19.6. The highest BCUT2D eigenvalue weighted by atomic mass is 35.5. The number of unbranched alkanes of at least 4 members (excludes halogenated alkanes) is 3. The second-order valence-corrected chi connectivity index (χ2v) is 10.4. The third-order valence-electron chi connectivity index (χ3n) is 6.36. The first kappa shape index (κ1) is 36.6. The minimum Gasteiger partial charge on any atom is -0.494 e. The van der Waals surface area contributed by atoms with Gasteiger partial charge in [0, 0.05) is 30.1 Å². The van der Waals surface area contributed by atoms with Gasteiger partial charge in [-0.3, -0.25) is 15.0 Å². The van der Waals surface area contributed by atoms with E-state index in [1.807, 2.05) is 50.8 Å². The van der Waals surface area contributed by atoms with E-state index in [0.29, 0.717) is 68.3 Å². The molecule has 234 valence electrons. The van der Waals surface area contributed by atoms with E-state index in [2.05, 4.69) is 0 Å². The highest BCUT2D eigenvalue weighted by Gasteiger charge is 2.25. The van der Waals surface area contributed by atoms with Gasteiger partial charge in [0.25, 0.3) is 5.91 Å². The van der Waals surface area contributed by atoms with Crippen LogP contribution in [0.4, 0.5) is 0 Å². The van der Waals surface area contributed by atoms with Gasteiger partial charge < -0.3 is 29.6 Å². The highest BCUT2D eigenvalue weighted by Crippen LogP contribution is 2.28. The monoisotopic (exact) mass is 605 g/mol. The summed E-state index contributed by atoms with van der Waals surface area (Å²) in [4.78, 5) is 26.9. The third-order valence-corrected chi connectivity index (χ3v) is 6.36. The summed E-state index contributed by atoms with van der Waals surface area (Å²) in [5, 5.41) is 7.45. The zero-order valence-electron chi connectivity index (χ0n) is 25.6. The summed E-state index contributed by atoms with van der Waals surface area (Å²) in [5.41, 5.74) is 6.65. The van der Waals surface area contributed by atoms with Gasteiger partial charge in [-0.15, -0.1) is 12.4 Å². The van der Waals surface area contributed by atoms with E-state index in [4.69, 9.17) is 30.1 Å². The van der Waals surface area contributed by atoms with E-state index >= 15 is 0 Å². The lowest BCUT2D eigenvalue weighted by Crippen LogP contribution is -2.42. The molecule has 9 nitrogen and oxygen atoms in total. The van der Waals surface area contributed by atoms with Gasteiger partial charge in [-0.2, -0.15) is 0 Å². The fourth-order valence-electron chi connectivity index (χ4n) is 4.37. The Bertz CT molecular complexity index is 1100. The molecular weight excluding hydrogens is 558 g/mol. The molecule has 3 N–H and O–H groups in total. The molecule has 0 atom stereocenters. The van der Waals surface area contributed by atoms with Crippen molar-refractivity contribution >= 4 is 30.1 Å². The topological polar surface area (TPSA) is 124 Å². The van der Waals surface area contributed by atoms with Crippen molar-refractivity contribution in [2.24, 2.45) is 5.73 Å². The van der Waals surface area contributed by atoms with Gasteiger partial charge in [0.1, 0.15) is 23.1 Å². The van der Waals surface area contributed by atoms with Crippen LogP contribution < -0.4 is 19.9 Å². The van der Waals surface area contributed by atoms with Gasteiger partial charge in [0.15, 0.2) is 0 Å². The summed E-state index contributed by atoms with van der Waals surface area (Å²) in [7, 11) is 0. The zero-order chi connectivity index (χ0) is 30.2. The summed E-state index contributed by atoms with van der Waals surface area (Å²) in [6, 6.07) is 12.6. The summed E-state index contributed by atoms with van der Waals surface area (Å²) in [5.74, 6) is 1.63. The fraction of sp³-hybridized carbons (Fsp3) is 0.531. The predicted octanol–water partition coefficient (Wildman–Crippen LogP) is 6.39. The number of nitrogen functional groups attached to an aromatic ring is 1. The summed E-state index contributed by atoms with van der Waals surface area (Å²) >= 11 is 0. The molecule has 2 rings (SSSR count). The lowest BCUT2D eigenvalue weighted by molar-refractivity contribution is -0.143. The van der Waals surface area contributed by atoms with E-state index in [1.165, 1.54) is 0 Å². The average molecular weight is 606 g/mol. The molecule has 10 heteroatoms. The maximum Gasteiger partial charge on any atom is 0.305 e. The van der Waals surface area contributed by atoms with Crippen molar-refractivity contribution in [1.29, 1.82) is 5.41 Å². The van der Waals surface area contributed by atoms with Crippen molar-refractivity contribution in [2.45, 2.75) is 85.2 Å². The van der Waals surface area contributed by atoms with Crippen LogP contribution in [0, 0.1) is 5.41 Å². The number of halogens is 1. The third kappa shape index (κ3) is 12.6. The van der Waals surface area contributed by atoms with Crippen LogP contribution in [0.2, 0.25) is 0 Å². The molecule has 1 amide bonds. The molecule has 0 radical (unpaired) electrons. The molecule has 0 spiro atoms. The Labute approximate surface area is 257 Å². The number of ether oxygens (including phenoxy) is 4. The first-order valence-corrected chi connectivity index (χ1v) is 14.6. The van der Waals surface area contributed by atoms with Crippen LogP contribution in [0.3, 0.4) is 0 Å². The first-order chi connectivity index (χ1) is 19.6. The molecule has 0 bridgehead atoms. The molecule has 0 aliphatic carbocycles. The molecule has 2 aromatic rings. The largest absolute Gasteiger partial charge is 0.494 e. The normalized spacial score (nSPS) is 10.6. The maximum atomic E-state index is 13.4. The van der Waals surface area contributed by atoms with Crippen molar-refractivity contribution in [3.05, 3.63) is 53.6 Å². The van der Waals surface area contributed by atoms with Gasteiger partial charge in [-0.05, 0) is 103 Å². The van der Waals surface area contributed by atoms with Crippen LogP contribution in [-0.4, -0.2) is 61.1 Å². The molecule has 2 aromatic carbocycles. The Morgan fingerprint density at radius 2 is 1.36 bits per heavy atom. The maximum absolute atomic E-state index is 13.4. The SMILES string of the molecule is CCOC(=O)CCCCOc1cc(OCCCCCOc2ccc(C(=N)N)cc2)ccc1C(=O)N(C(C)C)C(C)C.Cl. The van der Waals surface area contributed by atoms with Crippen molar-refractivity contribution in [3.8, 4) is 17.2 Å². The van der Waals surface area contributed by atoms with Gasteiger partial charge in [-0.1, -0.05) is 0 Å². The van der Waals surface area contributed by atoms with Crippen molar-refractivity contribution in [3.63, 3.8) is 0 Å². The molecule has 0 unspecified atom stereocenters. The molecule has 0 aromatic heterocycles. The number of benzene rings is 2. The Morgan fingerprint density at radius 3 is 1.93 bits per heavy atom. The fourth-order valence-corrected chi connectivity index (χ4v) is 4.37. The first-order valence-electron chi connectivity index (χ1n) is 14.6. The van der Waals surface area contributed by atoms with Crippen LogP contribution in [0.1, 0.15) is 89.1 Å². The number of esters is 1. The van der Waals surface area contributed by atoms with Crippen LogP contribution in [-0.2, 0) is 9.53 Å². The van der Waals surface area contributed by atoms with Gasteiger partial charge in [-0.25, -0.2) is 0 Å². The Hall–Kier alpha value is -3.46. The number of amidine groups is 1. The van der Waals surface area contributed by atoms with Gasteiger partial charge >= 0.3 is 5.97 Å².